The average Bonchev–Trinajstić information content (AvgIpc) is 3.32. The second kappa shape index (κ2) is 9.79. The van der Waals surface area contributed by atoms with E-state index in [1.807, 2.05) is 17.0 Å². The number of likely N-dealkylation sites (tertiary alicyclic amines) is 1. The summed E-state index contributed by atoms with van der Waals surface area (Å²) in [5.74, 6) is 0.0278. The Hall–Kier alpha value is -2.44. The number of piperidine rings is 1. The van der Waals surface area contributed by atoms with Crippen molar-refractivity contribution in [2.45, 2.75) is 32.1 Å². The van der Waals surface area contributed by atoms with Gasteiger partial charge in [-0.3, -0.25) is 4.79 Å². The molecule has 2 aromatic carbocycles. The zero-order valence-electron chi connectivity index (χ0n) is 17.3. The van der Waals surface area contributed by atoms with E-state index in [4.69, 9.17) is 23.2 Å². The molecule has 0 aromatic heterocycles. The summed E-state index contributed by atoms with van der Waals surface area (Å²) >= 11 is 12.2. The van der Waals surface area contributed by atoms with E-state index in [2.05, 4.69) is 15.5 Å². The van der Waals surface area contributed by atoms with Crippen LogP contribution in [0.15, 0.2) is 36.4 Å². The zero-order valence-corrected chi connectivity index (χ0v) is 18.8. The SMILES string of the molecule is O=C(Nc1ccc(N2CCCCC2)c(C(=O)N2CCCC2)c1)Nc1cccc(Cl)c1Cl. The summed E-state index contributed by atoms with van der Waals surface area (Å²) < 4.78 is 0. The van der Waals surface area contributed by atoms with Gasteiger partial charge in [-0.2, -0.15) is 0 Å². The third-order valence-corrected chi connectivity index (χ3v) is 6.59. The van der Waals surface area contributed by atoms with E-state index in [-0.39, 0.29) is 10.9 Å². The van der Waals surface area contributed by atoms with Crippen LogP contribution in [-0.2, 0) is 0 Å². The molecule has 0 aliphatic carbocycles. The summed E-state index contributed by atoms with van der Waals surface area (Å²) in [4.78, 5) is 30.0. The maximum atomic E-state index is 13.3. The highest BCUT2D eigenvalue weighted by Gasteiger charge is 2.25. The van der Waals surface area contributed by atoms with Gasteiger partial charge in [-0.1, -0.05) is 29.3 Å². The number of amides is 3. The molecular formula is C23H26Cl2N4O2. The summed E-state index contributed by atoms with van der Waals surface area (Å²) in [5.41, 5.74) is 2.56. The zero-order chi connectivity index (χ0) is 21.8. The van der Waals surface area contributed by atoms with Gasteiger partial charge in [0.05, 0.1) is 21.3 Å². The average molecular weight is 461 g/mol. The normalized spacial score (nSPS) is 16.3. The molecule has 0 bridgehead atoms. The molecule has 4 rings (SSSR count). The molecule has 2 aliphatic rings. The lowest BCUT2D eigenvalue weighted by atomic mass is 10.1. The molecule has 2 heterocycles. The maximum absolute atomic E-state index is 13.3. The van der Waals surface area contributed by atoms with Crippen LogP contribution in [0.25, 0.3) is 0 Å². The number of anilines is 3. The van der Waals surface area contributed by atoms with E-state index in [0.717, 1.165) is 57.5 Å². The van der Waals surface area contributed by atoms with E-state index in [1.165, 1.54) is 6.42 Å². The number of hydrogen-bond donors (Lipinski definition) is 2. The third kappa shape index (κ3) is 5.08. The molecule has 2 aromatic rings. The largest absolute Gasteiger partial charge is 0.371 e. The minimum Gasteiger partial charge on any atom is -0.371 e. The molecule has 2 saturated heterocycles. The van der Waals surface area contributed by atoms with E-state index in [0.29, 0.717) is 22.0 Å². The standard InChI is InChI=1S/C23H26Cl2N4O2/c24-18-7-6-8-19(21(18)25)27-23(31)26-16-9-10-20(28-11-2-1-3-12-28)17(15-16)22(30)29-13-4-5-14-29/h6-10,15H,1-5,11-14H2,(H2,26,27,31). The predicted molar refractivity (Wildman–Crippen MR) is 127 cm³/mol. The highest BCUT2D eigenvalue weighted by Crippen LogP contribution is 2.31. The first kappa shape index (κ1) is 21.8. The molecule has 0 spiro atoms. The van der Waals surface area contributed by atoms with Crippen molar-refractivity contribution in [3.63, 3.8) is 0 Å². The van der Waals surface area contributed by atoms with Crippen molar-refractivity contribution in [3.8, 4) is 0 Å². The van der Waals surface area contributed by atoms with Gasteiger partial charge in [0.15, 0.2) is 0 Å². The van der Waals surface area contributed by atoms with Gasteiger partial charge in [-0.05, 0) is 62.4 Å². The molecule has 8 heteroatoms. The Bertz CT molecular complexity index is 970. The quantitative estimate of drug-likeness (QED) is 0.599. The van der Waals surface area contributed by atoms with Crippen LogP contribution in [-0.4, -0.2) is 43.0 Å². The molecule has 2 aliphatic heterocycles. The predicted octanol–water partition coefficient (Wildman–Crippen LogP) is 5.86. The number of nitrogens with one attached hydrogen (secondary N) is 2. The lowest BCUT2D eigenvalue weighted by Crippen LogP contribution is -2.34. The first-order chi connectivity index (χ1) is 15.0. The Morgan fingerprint density at radius 3 is 2.29 bits per heavy atom. The van der Waals surface area contributed by atoms with Crippen LogP contribution in [0.3, 0.4) is 0 Å². The Labute approximate surface area is 192 Å². The van der Waals surface area contributed by atoms with E-state index in [1.54, 1.807) is 24.3 Å². The molecule has 0 atom stereocenters. The molecule has 0 saturated carbocycles. The van der Waals surface area contributed by atoms with Crippen LogP contribution in [0.4, 0.5) is 21.9 Å². The lowest BCUT2D eigenvalue weighted by molar-refractivity contribution is 0.0793. The third-order valence-electron chi connectivity index (χ3n) is 5.77. The van der Waals surface area contributed by atoms with Crippen LogP contribution in [0.5, 0.6) is 0 Å². The molecule has 3 amide bonds. The summed E-state index contributed by atoms with van der Waals surface area (Å²) in [6, 6.07) is 10.2. The van der Waals surface area contributed by atoms with Gasteiger partial charge in [0.1, 0.15) is 0 Å². The molecular weight excluding hydrogens is 435 g/mol. The van der Waals surface area contributed by atoms with Gasteiger partial charge in [0.2, 0.25) is 0 Å². The molecule has 0 radical (unpaired) electrons. The van der Waals surface area contributed by atoms with Crippen molar-refractivity contribution in [2.24, 2.45) is 0 Å². The second-order valence-electron chi connectivity index (χ2n) is 7.96. The van der Waals surface area contributed by atoms with Crippen LogP contribution < -0.4 is 15.5 Å². The summed E-state index contributed by atoms with van der Waals surface area (Å²) in [6.45, 7) is 3.45. The minimum atomic E-state index is -0.450. The molecule has 31 heavy (non-hydrogen) atoms. The highest BCUT2D eigenvalue weighted by molar-refractivity contribution is 6.44. The first-order valence-electron chi connectivity index (χ1n) is 10.7. The molecule has 2 N–H and O–H groups in total. The number of urea groups is 1. The van der Waals surface area contributed by atoms with Crippen LogP contribution >= 0.6 is 23.2 Å². The Balaban J connectivity index is 1.56. The fraction of sp³-hybridized carbons (Fsp3) is 0.391. The van der Waals surface area contributed by atoms with Crippen LogP contribution in [0.1, 0.15) is 42.5 Å². The Morgan fingerprint density at radius 2 is 1.55 bits per heavy atom. The van der Waals surface area contributed by atoms with E-state index in [9.17, 15) is 9.59 Å². The second-order valence-corrected chi connectivity index (χ2v) is 8.74. The van der Waals surface area contributed by atoms with Gasteiger partial charge < -0.3 is 20.4 Å². The van der Waals surface area contributed by atoms with Crippen molar-refractivity contribution in [3.05, 3.63) is 52.0 Å². The number of halogens is 2. The van der Waals surface area contributed by atoms with E-state index >= 15 is 0 Å². The number of benzene rings is 2. The number of hydrogen-bond acceptors (Lipinski definition) is 3. The van der Waals surface area contributed by atoms with Gasteiger partial charge in [-0.25, -0.2) is 4.79 Å². The number of carbonyl (C=O) groups excluding carboxylic acids is 2. The van der Waals surface area contributed by atoms with Crippen molar-refractivity contribution < 1.29 is 9.59 Å². The number of carbonyl (C=O) groups is 2. The van der Waals surface area contributed by atoms with Crippen molar-refractivity contribution in [1.82, 2.24) is 4.90 Å². The monoisotopic (exact) mass is 460 g/mol. The number of nitrogens with zero attached hydrogens (tertiary/aromatic N) is 2. The topological polar surface area (TPSA) is 64.7 Å². The van der Waals surface area contributed by atoms with E-state index < -0.39 is 6.03 Å². The van der Waals surface area contributed by atoms with Crippen molar-refractivity contribution in [2.75, 3.05) is 41.7 Å². The summed E-state index contributed by atoms with van der Waals surface area (Å²) in [5, 5.41) is 6.17. The van der Waals surface area contributed by atoms with Crippen molar-refractivity contribution >= 4 is 52.2 Å². The number of rotatable bonds is 4. The molecule has 6 nitrogen and oxygen atoms in total. The van der Waals surface area contributed by atoms with Crippen molar-refractivity contribution in [1.29, 1.82) is 0 Å². The fourth-order valence-corrected chi connectivity index (χ4v) is 4.52. The van der Waals surface area contributed by atoms with Gasteiger partial charge in [0.25, 0.3) is 5.91 Å². The first-order valence-corrected chi connectivity index (χ1v) is 11.5. The van der Waals surface area contributed by atoms with Gasteiger partial charge in [0, 0.05) is 37.6 Å². The summed E-state index contributed by atoms with van der Waals surface area (Å²) in [7, 11) is 0. The minimum absolute atomic E-state index is 0.0278. The molecule has 0 unspecified atom stereocenters. The van der Waals surface area contributed by atoms with Crippen LogP contribution in [0.2, 0.25) is 10.0 Å². The Kier molecular flexibility index (Phi) is 6.88. The fourth-order valence-electron chi connectivity index (χ4n) is 4.17. The highest BCUT2D eigenvalue weighted by atomic mass is 35.5. The maximum Gasteiger partial charge on any atom is 0.323 e. The van der Waals surface area contributed by atoms with Gasteiger partial charge in [-0.15, -0.1) is 0 Å². The Morgan fingerprint density at radius 1 is 0.839 bits per heavy atom. The summed E-state index contributed by atoms with van der Waals surface area (Å²) in [6.07, 6.45) is 5.54. The van der Waals surface area contributed by atoms with Gasteiger partial charge >= 0.3 is 6.03 Å². The molecule has 164 valence electrons. The molecule has 2 fully saturated rings. The lowest BCUT2D eigenvalue weighted by Gasteiger charge is -2.31. The smallest absolute Gasteiger partial charge is 0.323 e. The van der Waals surface area contributed by atoms with Crippen LogP contribution in [0, 0.1) is 0 Å².